The van der Waals surface area contributed by atoms with Crippen molar-refractivity contribution < 1.29 is 17.9 Å². The molecule has 0 saturated carbocycles. The van der Waals surface area contributed by atoms with E-state index in [1.165, 1.54) is 44.2 Å². The number of benzene rings is 3. The van der Waals surface area contributed by atoms with Gasteiger partial charge in [0, 0.05) is 6.26 Å². The van der Waals surface area contributed by atoms with E-state index in [-0.39, 0.29) is 31.9 Å². The predicted molar refractivity (Wildman–Crippen MR) is 137 cm³/mol. The fraction of sp³-hybridized carbons (Fsp3) is 0.160. The van der Waals surface area contributed by atoms with Crippen LogP contribution in [0.25, 0.3) is 16.8 Å². The monoisotopic (exact) mass is 520 g/mol. The summed E-state index contributed by atoms with van der Waals surface area (Å²) < 4.78 is 38.5. The molecule has 5 nitrogen and oxygen atoms in total. The molecular formula is C25H23Cl2FN2O3S. The summed E-state index contributed by atoms with van der Waals surface area (Å²) in [5, 5.41) is 21.8. The summed E-state index contributed by atoms with van der Waals surface area (Å²) in [6, 6.07) is 15.7. The first-order valence-corrected chi connectivity index (χ1v) is 12.8. The fourth-order valence-corrected chi connectivity index (χ4v) is 4.25. The van der Waals surface area contributed by atoms with Gasteiger partial charge in [-0.2, -0.15) is 0 Å². The van der Waals surface area contributed by atoms with Crippen LogP contribution in [0.1, 0.15) is 19.4 Å². The quantitative estimate of drug-likeness (QED) is 0.312. The Hall–Kier alpha value is -2.71. The number of aliphatic hydroxyl groups is 1. The van der Waals surface area contributed by atoms with Gasteiger partial charge in [0.25, 0.3) is 0 Å². The van der Waals surface area contributed by atoms with E-state index in [4.69, 9.17) is 28.6 Å². The van der Waals surface area contributed by atoms with Gasteiger partial charge in [-0.3, -0.25) is 0 Å². The SMILES string of the molecule is CC(C)(O)C(=N)/C=C(\Nc1ccc(-c2cccc(S(C)(=O)=O)c2)cc1Cl)c1c(F)cccc1Cl. The van der Waals surface area contributed by atoms with Gasteiger partial charge in [-0.15, -0.1) is 0 Å². The van der Waals surface area contributed by atoms with Crippen LogP contribution in [0.4, 0.5) is 10.1 Å². The third-order valence-corrected chi connectivity index (χ3v) is 6.75. The summed E-state index contributed by atoms with van der Waals surface area (Å²) in [6.07, 6.45) is 2.43. The molecule has 0 radical (unpaired) electrons. The molecule has 34 heavy (non-hydrogen) atoms. The van der Waals surface area contributed by atoms with Crippen LogP contribution >= 0.6 is 23.2 Å². The maximum Gasteiger partial charge on any atom is 0.175 e. The van der Waals surface area contributed by atoms with Crippen LogP contribution in [0, 0.1) is 11.2 Å². The number of rotatable bonds is 7. The van der Waals surface area contributed by atoms with Crippen LogP contribution in [0.3, 0.4) is 0 Å². The Bertz CT molecular complexity index is 1380. The summed E-state index contributed by atoms with van der Waals surface area (Å²) in [6.45, 7) is 2.89. The van der Waals surface area contributed by atoms with Crippen LogP contribution in [0.15, 0.2) is 71.6 Å². The van der Waals surface area contributed by atoms with E-state index in [9.17, 15) is 17.9 Å². The van der Waals surface area contributed by atoms with E-state index >= 15 is 0 Å². The highest BCUT2D eigenvalue weighted by molar-refractivity contribution is 7.90. The van der Waals surface area contributed by atoms with Crippen molar-refractivity contribution >= 4 is 50.1 Å². The van der Waals surface area contributed by atoms with Crippen LogP contribution < -0.4 is 5.32 Å². The Labute approximate surface area is 208 Å². The summed E-state index contributed by atoms with van der Waals surface area (Å²) in [7, 11) is -3.37. The zero-order chi connectivity index (χ0) is 25.3. The van der Waals surface area contributed by atoms with Crippen LogP contribution in [0.5, 0.6) is 0 Å². The summed E-state index contributed by atoms with van der Waals surface area (Å²) >= 11 is 12.8. The number of halogens is 3. The van der Waals surface area contributed by atoms with E-state index in [0.29, 0.717) is 16.8 Å². The molecular weight excluding hydrogens is 498 g/mol. The summed E-state index contributed by atoms with van der Waals surface area (Å²) in [4.78, 5) is 0.188. The minimum absolute atomic E-state index is 0.0270. The molecule has 0 heterocycles. The maximum absolute atomic E-state index is 14.7. The number of sulfone groups is 1. The first-order chi connectivity index (χ1) is 15.8. The first kappa shape index (κ1) is 25.9. The van der Waals surface area contributed by atoms with Crippen molar-refractivity contribution in [1.29, 1.82) is 5.41 Å². The molecule has 0 fully saturated rings. The maximum atomic E-state index is 14.7. The molecule has 3 N–H and O–H groups in total. The highest BCUT2D eigenvalue weighted by Gasteiger charge is 2.21. The van der Waals surface area contributed by atoms with Gasteiger partial charge in [-0.1, -0.05) is 47.5 Å². The molecule has 0 aliphatic rings. The summed E-state index contributed by atoms with van der Waals surface area (Å²) in [5.41, 5.74) is 0.276. The highest BCUT2D eigenvalue weighted by atomic mass is 35.5. The third-order valence-electron chi connectivity index (χ3n) is 5.01. The van der Waals surface area contributed by atoms with Crippen molar-refractivity contribution in [2.75, 3.05) is 11.6 Å². The lowest BCUT2D eigenvalue weighted by Crippen LogP contribution is -2.29. The highest BCUT2D eigenvalue weighted by Crippen LogP contribution is 2.34. The topological polar surface area (TPSA) is 90.2 Å². The molecule has 0 bridgehead atoms. The van der Waals surface area contributed by atoms with Crippen molar-refractivity contribution in [3.05, 3.63) is 88.2 Å². The zero-order valence-electron chi connectivity index (χ0n) is 18.7. The molecule has 0 aliphatic carbocycles. The fourth-order valence-electron chi connectivity index (χ4n) is 3.09. The van der Waals surface area contributed by atoms with Gasteiger partial charge in [0.1, 0.15) is 11.4 Å². The molecule has 0 unspecified atom stereocenters. The second kappa shape index (κ2) is 9.88. The van der Waals surface area contributed by atoms with Gasteiger partial charge in [-0.25, -0.2) is 12.8 Å². The molecule has 3 aromatic carbocycles. The van der Waals surface area contributed by atoms with Crippen molar-refractivity contribution in [2.24, 2.45) is 0 Å². The van der Waals surface area contributed by atoms with Gasteiger partial charge < -0.3 is 15.8 Å². The van der Waals surface area contributed by atoms with E-state index in [2.05, 4.69) is 5.32 Å². The number of anilines is 1. The molecule has 0 amide bonds. The number of hydrogen-bond acceptors (Lipinski definition) is 5. The lowest BCUT2D eigenvalue weighted by Gasteiger charge is -2.20. The Morgan fingerprint density at radius 1 is 1.03 bits per heavy atom. The minimum atomic E-state index is -3.37. The average Bonchev–Trinajstić information content (AvgIpc) is 2.73. The lowest BCUT2D eigenvalue weighted by atomic mass is 9.99. The molecule has 0 atom stereocenters. The van der Waals surface area contributed by atoms with E-state index in [1.807, 2.05) is 0 Å². The first-order valence-electron chi connectivity index (χ1n) is 10.1. The van der Waals surface area contributed by atoms with Gasteiger partial charge in [0.2, 0.25) is 0 Å². The van der Waals surface area contributed by atoms with E-state index < -0.39 is 21.3 Å². The Morgan fingerprint density at radius 3 is 2.26 bits per heavy atom. The average molecular weight is 521 g/mol. The number of nitrogens with one attached hydrogen (secondary N) is 2. The molecule has 0 aliphatic heterocycles. The smallest absolute Gasteiger partial charge is 0.175 e. The summed E-state index contributed by atoms with van der Waals surface area (Å²) in [5.74, 6) is -0.611. The largest absolute Gasteiger partial charge is 0.384 e. The third kappa shape index (κ3) is 6.04. The zero-order valence-corrected chi connectivity index (χ0v) is 21.0. The van der Waals surface area contributed by atoms with Gasteiger partial charge >= 0.3 is 0 Å². The van der Waals surface area contributed by atoms with Crippen LogP contribution in [-0.2, 0) is 9.84 Å². The molecule has 0 aromatic heterocycles. The standard InChI is InChI=1S/C25H23Cl2FN2O3S/c1-25(2,31)23(29)14-22(24-18(26)8-5-9-20(24)28)30-21-11-10-16(13-19(21)27)15-6-4-7-17(12-15)34(3,32)33/h4-14,29-31H,1-3H3/b22-14-,29-23?. The van der Waals surface area contributed by atoms with Crippen LogP contribution in [0.2, 0.25) is 10.0 Å². The Kier molecular flexibility index (Phi) is 7.53. The normalized spacial score (nSPS) is 12.5. The van der Waals surface area contributed by atoms with Crippen molar-refractivity contribution in [1.82, 2.24) is 0 Å². The van der Waals surface area contributed by atoms with Crippen molar-refractivity contribution in [3.63, 3.8) is 0 Å². The van der Waals surface area contributed by atoms with Gasteiger partial charge in [-0.05, 0) is 67.4 Å². The lowest BCUT2D eigenvalue weighted by molar-refractivity contribution is 0.154. The van der Waals surface area contributed by atoms with Gasteiger partial charge in [0.05, 0.1) is 37.6 Å². The molecule has 3 aromatic rings. The van der Waals surface area contributed by atoms with E-state index in [1.54, 1.807) is 36.4 Å². The van der Waals surface area contributed by atoms with Crippen molar-refractivity contribution in [3.8, 4) is 11.1 Å². The molecule has 3 rings (SSSR count). The van der Waals surface area contributed by atoms with Crippen LogP contribution in [-0.4, -0.2) is 31.1 Å². The molecule has 178 valence electrons. The van der Waals surface area contributed by atoms with Crippen molar-refractivity contribution in [2.45, 2.75) is 24.3 Å². The molecule has 0 spiro atoms. The molecule has 9 heteroatoms. The Balaban J connectivity index is 2.05. The Morgan fingerprint density at radius 2 is 1.68 bits per heavy atom. The second-order valence-electron chi connectivity index (χ2n) is 8.25. The number of hydrogen-bond donors (Lipinski definition) is 3. The predicted octanol–water partition coefficient (Wildman–Crippen LogP) is 6.45. The van der Waals surface area contributed by atoms with Gasteiger partial charge in [0.15, 0.2) is 9.84 Å². The second-order valence-corrected chi connectivity index (χ2v) is 11.1. The minimum Gasteiger partial charge on any atom is -0.384 e. The van der Waals surface area contributed by atoms with E-state index in [0.717, 1.165) is 6.26 Å². The molecule has 0 saturated heterocycles.